The van der Waals surface area contributed by atoms with E-state index in [1.807, 2.05) is 48.5 Å². The Kier molecular flexibility index (Phi) is 5.41. The first kappa shape index (κ1) is 20.2. The first-order valence-electron chi connectivity index (χ1n) is 9.70. The van der Waals surface area contributed by atoms with Gasteiger partial charge in [0, 0.05) is 11.6 Å². The van der Waals surface area contributed by atoms with Crippen molar-refractivity contribution in [2.75, 3.05) is 18.1 Å². The second kappa shape index (κ2) is 8.31. The van der Waals surface area contributed by atoms with Crippen molar-refractivity contribution in [2.45, 2.75) is 5.92 Å². The highest BCUT2D eigenvalue weighted by Crippen LogP contribution is 2.44. The van der Waals surface area contributed by atoms with Gasteiger partial charge in [-0.05, 0) is 46.5 Å². The third-order valence-electron chi connectivity index (χ3n) is 5.30. The predicted octanol–water partition coefficient (Wildman–Crippen LogP) is 3.63. The van der Waals surface area contributed by atoms with Crippen molar-refractivity contribution in [1.29, 1.82) is 0 Å². The van der Waals surface area contributed by atoms with Gasteiger partial charge in [-0.15, -0.1) is 0 Å². The lowest BCUT2D eigenvalue weighted by Crippen LogP contribution is -2.39. The number of anilines is 1. The molecule has 3 N–H and O–H groups in total. The number of amides is 2. The van der Waals surface area contributed by atoms with Crippen molar-refractivity contribution in [3.8, 4) is 11.1 Å². The molecule has 0 radical (unpaired) electrons. The lowest BCUT2D eigenvalue weighted by atomic mass is 9.98. The summed E-state index contributed by atoms with van der Waals surface area (Å²) in [6, 6.07) is 21.5. The maximum absolute atomic E-state index is 12.9. The van der Waals surface area contributed by atoms with Crippen LogP contribution in [0.2, 0.25) is 0 Å². The van der Waals surface area contributed by atoms with E-state index in [2.05, 4.69) is 0 Å². The molecule has 156 valence electrons. The normalized spacial score (nSPS) is 12.0. The molecule has 0 saturated heterocycles. The van der Waals surface area contributed by atoms with Crippen molar-refractivity contribution < 1.29 is 24.2 Å². The zero-order valence-corrected chi connectivity index (χ0v) is 16.5. The second-order valence-corrected chi connectivity index (χ2v) is 7.21. The molecule has 0 spiro atoms. The van der Waals surface area contributed by atoms with Crippen LogP contribution in [0.1, 0.15) is 27.4 Å². The summed E-state index contributed by atoms with van der Waals surface area (Å²) in [4.78, 5) is 36.6. The largest absolute Gasteiger partial charge is 0.478 e. The highest BCUT2D eigenvalue weighted by molar-refractivity contribution is 5.95. The number of nitrogens with zero attached hydrogens (tertiary/aromatic N) is 1. The fraction of sp³-hybridized carbons (Fsp3) is 0.125. The number of ether oxygens (including phenoxy) is 1. The summed E-state index contributed by atoms with van der Waals surface area (Å²) in [6.45, 7) is -0.293. The fourth-order valence-electron chi connectivity index (χ4n) is 3.87. The van der Waals surface area contributed by atoms with Crippen LogP contribution in [0, 0.1) is 0 Å². The van der Waals surface area contributed by atoms with Gasteiger partial charge in [0.1, 0.15) is 13.2 Å². The standard InChI is InChI=1S/C24H20N2O5/c25-22(27)13-26(16-11-9-15(10-12-16)23(28)29)24(30)31-14-21-19-7-3-1-5-17(19)18-6-2-4-8-20(18)21/h1-12,21H,13-14H2,(H2,25,27)(H,28,29). The minimum Gasteiger partial charge on any atom is -0.478 e. The Bertz CT molecular complexity index is 1110. The van der Waals surface area contributed by atoms with Gasteiger partial charge in [0.25, 0.3) is 0 Å². The number of fused-ring (bicyclic) bond motifs is 3. The molecule has 0 bridgehead atoms. The van der Waals surface area contributed by atoms with Crippen LogP contribution < -0.4 is 10.6 Å². The van der Waals surface area contributed by atoms with E-state index in [0.717, 1.165) is 27.2 Å². The summed E-state index contributed by atoms with van der Waals surface area (Å²) in [6.07, 6.45) is -0.733. The summed E-state index contributed by atoms with van der Waals surface area (Å²) < 4.78 is 5.60. The Morgan fingerprint density at radius 1 is 0.871 bits per heavy atom. The second-order valence-electron chi connectivity index (χ2n) is 7.21. The Morgan fingerprint density at radius 2 is 1.42 bits per heavy atom. The van der Waals surface area contributed by atoms with Gasteiger partial charge in [0.15, 0.2) is 0 Å². The molecule has 0 aromatic heterocycles. The minimum absolute atomic E-state index is 0.0651. The van der Waals surface area contributed by atoms with Gasteiger partial charge in [-0.1, -0.05) is 48.5 Å². The van der Waals surface area contributed by atoms with Crippen LogP contribution in [0.5, 0.6) is 0 Å². The van der Waals surface area contributed by atoms with E-state index in [1.165, 1.54) is 24.3 Å². The third kappa shape index (κ3) is 3.98. The number of aromatic carboxylic acids is 1. The van der Waals surface area contributed by atoms with E-state index < -0.39 is 18.0 Å². The molecule has 0 unspecified atom stereocenters. The zero-order valence-electron chi connectivity index (χ0n) is 16.5. The molecule has 3 aromatic carbocycles. The molecule has 0 saturated carbocycles. The van der Waals surface area contributed by atoms with E-state index >= 15 is 0 Å². The van der Waals surface area contributed by atoms with E-state index in [9.17, 15) is 14.4 Å². The summed E-state index contributed by atoms with van der Waals surface area (Å²) in [5.74, 6) is -1.92. The highest BCUT2D eigenvalue weighted by atomic mass is 16.6. The number of benzene rings is 3. The molecule has 3 aromatic rings. The van der Waals surface area contributed by atoms with Gasteiger partial charge in [-0.2, -0.15) is 0 Å². The molecule has 1 aliphatic rings. The topological polar surface area (TPSA) is 110 Å². The average molecular weight is 416 g/mol. The van der Waals surface area contributed by atoms with Crippen molar-refractivity contribution >= 4 is 23.7 Å². The number of rotatable bonds is 6. The number of carboxylic acid groups (broad SMARTS) is 1. The summed E-state index contributed by atoms with van der Waals surface area (Å²) in [5, 5.41) is 9.06. The van der Waals surface area contributed by atoms with Crippen LogP contribution in [0.25, 0.3) is 11.1 Å². The van der Waals surface area contributed by atoms with Crippen molar-refractivity contribution in [1.82, 2.24) is 0 Å². The molecule has 2 amide bonds. The molecule has 31 heavy (non-hydrogen) atoms. The monoisotopic (exact) mass is 416 g/mol. The van der Waals surface area contributed by atoms with Crippen molar-refractivity contribution in [3.63, 3.8) is 0 Å². The number of carbonyl (C=O) groups is 3. The number of hydrogen-bond donors (Lipinski definition) is 2. The van der Waals surface area contributed by atoms with E-state index in [1.54, 1.807) is 0 Å². The minimum atomic E-state index is -1.09. The molecule has 0 fully saturated rings. The van der Waals surface area contributed by atoms with Gasteiger partial charge >= 0.3 is 12.1 Å². The Morgan fingerprint density at radius 3 is 1.94 bits per heavy atom. The first-order chi connectivity index (χ1) is 15.0. The third-order valence-corrected chi connectivity index (χ3v) is 5.30. The van der Waals surface area contributed by atoms with Gasteiger partial charge in [-0.3, -0.25) is 9.69 Å². The Labute approximate surface area is 178 Å². The molecule has 4 rings (SSSR count). The predicted molar refractivity (Wildman–Crippen MR) is 115 cm³/mol. The van der Waals surface area contributed by atoms with Crippen LogP contribution in [0.3, 0.4) is 0 Å². The zero-order chi connectivity index (χ0) is 22.0. The Hall–Kier alpha value is -4.13. The van der Waals surface area contributed by atoms with Gasteiger partial charge in [0.2, 0.25) is 5.91 Å². The van der Waals surface area contributed by atoms with Crippen LogP contribution in [-0.2, 0) is 9.53 Å². The summed E-state index contributed by atoms with van der Waals surface area (Å²) in [7, 11) is 0. The van der Waals surface area contributed by atoms with Crippen LogP contribution in [-0.4, -0.2) is 36.2 Å². The van der Waals surface area contributed by atoms with E-state index in [4.69, 9.17) is 15.6 Å². The number of primary amides is 1. The van der Waals surface area contributed by atoms with Crippen molar-refractivity contribution in [2.24, 2.45) is 5.73 Å². The lowest BCUT2D eigenvalue weighted by Gasteiger charge is -2.22. The first-order valence-corrected chi connectivity index (χ1v) is 9.70. The molecular weight excluding hydrogens is 396 g/mol. The molecule has 0 aliphatic heterocycles. The molecule has 1 aliphatic carbocycles. The number of nitrogens with two attached hydrogens (primary N) is 1. The van der Waals surface area contributed by atoms with E-state index in [-0.39, 0.29) is 24.6 Å². The highest BCUT2D eigenvalue weighted by Gasteiger charge is 2.30. The fourth-order valence-corrected chi connectivity index (χ4v) is 3.87. The SMILES string of the molecule is NC(=O)CN(C(=O)OCC1c2ccccc2-c2ccccc21)c1ccc(C(=O)O)cc1. The maximum atomic E-state index is 12.9. The van der Waals surface area contributed by atoms with Gasteiger partial charge < -0.3 is 15.6 Å². The van der Waals surface area contributed by atoms with Crippen LogP contribution in [0.4, 0.5) is 10.5 Å². The Balaban J connectivity index is 1.56. The van der Waals surface area contributed by atoms with Gasteiger partial charge in [0.05, 0.1) is 5.56 Å². The number of carboxylic acids is 1. The molecule has 0 heterocycles. The molecular formula is C24H20N2O5. The number of carbonyl (C=O) groups excluding carboxylic acids is 2. The molecule has 7 heteroatoms. The lowest BCUT2D eigenvalue weighted by molar-refractivity contribution is -0.116. The van der Waals surface area contributed by atoms with Crippen LogP contribution in [0.15, 0.2) is 72.8 Å². The molecule has 7 nitrogen and oxygen atoms in total. The smallest absolute Gasteiger partial charge is 0.414 e. The van der Waals surface area contributed by atoms with Crippen LogP contribution >= 0.6 is 0 Å². The van der Waals surface area contributed by atoms with E-state index in [0.29, 0.717) is 5.69 Å². The average Bonchev–Trinajstić information content (AvgIpc) is 3.09. The molecule has 0 atom stereocenters. The summed E-state index contributed by atoms with van der Waals surface area (Å²) in [5.41, 5.74) is 10.1. The maximum Gasteiger partial charge on any atom is 0.414 e. The quantitative estimate of drug-likeness (QED) is 0.638. The summed E-state index contributed by atoms with van der Waals surface area (Å²) >= 11 is 0. The number of hydrogen-bond acceptors (Lipinski definition) is 4. The van der Waals surface area contributed by atoms with Crippen molar-refractivity contribution in [3.05, 3.63) is 89.5 Å². The van der Waals surface area contributed by atoms with Gasteiger partial charge in [-0.25, -0.2) is 9.59 Å².